The lowest BCUT2D eigenvalue weighted by Crippen LogP contribution is -2.61. The minimum atomic E-state index is -0.125. The maximum absolute atomic E-state index is 2.78. The monoisotopic (exact) mass is 1010 g/mol. The summed E-state index contributed by atoms with van der Waals surface area (Å²) in [6.07, 6.45) is 9.49. The standard InChI is InChI=1S/C71H83BN2S/c1-65(2,3)46-21-25-51(26-22-46)73-59-35-50(68(10,11)12)36-60-62(59)72(64-63(73)53-34-49(67(7,8)9)24-28-61(53)75-64)56-37-54-55(70(15,16)30-29-69(54,13)14)38-58(56)74(60)57-27-23-48(66(4,5)6)33-52(57)43-17-19-47(20-18-43)71-39-42-31-44(40-71)45(32-42)41-71/h17-28,33-38,42,44-45H,29-32,39-41H2,1-16H3. The molecule has 386 valence electrons. The molecule has 4 bridgehead atoms. The first-order valence-electron chi connectivity index (χ1n) is 29.0. The Morgan fingerprint density at radius 2 is 1.05 bits per heavy atom. The van der Waals surface area contributed by atoms with E-state index in [1.54, 1.807) is 5.56 Å². The van der Waals surface area contributed by atoms with E-state index in [-0.39, 0.29) is 39.2 Å². The Bertz CT molecular complexity index is 3460. The van der Waals surface area contributed by atoms with E-state index in [4.69, 9.17) is 0 Å². The molecule has 75 heavy (non-hydrogen) atoms. The van der Waals surface area contributed by atoms with Gasteiger partial charge < -0.3 is 9.80 Å². The van der Waals surface area contributed by atoms with Crippen LogP contribution in [0.4, 0.5) is 34.1 Å². The van der Waals surface area contributed by atoms with Crippen LogP contribution in [0.3, 0.4) is 0 Å². The molecule has 2 atom stereocenters. The van der Waals surface area contributed by atoms with E-state index in [0.29, 0.717) is 5.41 Å². The summed E-state index contributed by atoms with van der Waals surface area (Å²) in [5.41, 5.74) is 23.8. The average Bonchev–Trinajstić information content (AvgIpc) is 3.95. The van der Waals surface area contributed by atoms with Gasteiger partial charge in [0, 0.05) is 43.2 Å². The van der Waals surface area contributed by atoms with Crippen molar-refractivity contribution in [1.82, 2.24) is 0 Å². The van der Waals surface area contributed by atoms with Crippen LogP contribution in [0.1, 0.15) is 195 Å². The predicted octanol–water partition coefficient (Wildman–Crippen LogP) is 18.3. The van der Waals surface area contributed by atoms with E-state index in [2.05, 4.69) is 230 Å². The number of rotatable bonds is 4. The van der Waals surface area contributed by atoms with Crippen LogP contribution < -0.4 is 25.5 Å². The fourth-order valence-corrected chi connectivity index (χ4v) is 17.0. The van der Waals surface area contributed by atoms with Crippen molar-refractivity contribution in [3.63, 3.8) is 0 Å². The summed E-state index contributed by atoms with van der Waals surface area (Å²) in [4.78, 5) is 5.48. The zero-order chi connectivity index (χ0) is 52.9. The van der Waals surface area contributed by atoms with Gasteiger partial charge in [0.15, 0.2) is 0 Å². The second-order valence-electron chi connectivity index (χ2n) is 30.4. The molecular formula is C71H83BN2S. The summed E-state index contributed by atoms with van der Waals surface area (Å²) in [5, 5.41) is 1.36. The number of thiophene rings is 1. The van der Waals surface area contributed by atoms with Crippen LogP contribution in [0, 0.1) is 17.8 Å². The Morgan fingerprint density at radius 1 is 0.507 bits per heavy atom. The van der Waals surface area contributed by atoms with Crippen molar-refractivity contribution in [2.45, 2.75) is 194 Å². The number of hydrogen-bond donors (Lipinski definition) is 0. The van der Waals surface area contributed by atoms with E-state index in [9.17, 15) is 0 Å². The summed E-state index contributed by atoms with van der Waals surface area (Å²) in [6.45, 7) is 38.6. The van der Waals surface area contributed by atoms with Crippen LogP contribution in [0.2, 0.25) is 0 Å². The molecule has 0 N–H and O–H groups in total. The molecule has 0 spiro atoms. The molecule has 0 radical (unpaired) electrons. The Balaban J connectivity index is 1.12. The first-order valence-corrected chi connectivity index (χ1v) is 29.8. The van der Waals surface area contributed by atoms with Gasteiger partial charge >= 0.3 is 0 Å². The molecule has 2 nitrogen and oxygen atoms in total. The summed E-state index contributed by atoms with van der Waals surface area (Å²) in [6, 6.07) is 45.4. The molecule has 7 aliphatic rings. The molecule has 5 aliphatic carbocycles. The number of anilines is 6. The third kappa shape index (κ3) is 7.65. The Kier molecular flexibility index (Phi) is 10.6. The molecule has 14 rings (SSSR count). The summed E-state index contributed by atoms with van der Waals surface area (Å²) in [5.74, 6) is 2.82. The topological polar surface area (TPSA) is 6.48 Å². The molecule has 0 saturated heterocycles. The van der Waals surface area contributed by atoms with E-state index in [1.165, 1.54) is 149 Å². The minimum Gasteiger partial charge on any atom is -0.311 e. The SMILES string of the molecule is CC(C)(C)c1ccc(N2c3cc(C(C)(C)C)cc4c3B(c3cc5c(cc3N4c3ccc(C(C)(C)C)cc3-c3ccc(C46CC7CC(C4)C(C7)C6)cc3)C(C)(C)CCC5(C)C)c3sc4ccc(C(C)(C)C)cc4c32)cc1. The molecule has 3 heterocycles. The molecule has 2 aliphatic heterocycles. The fourth-order valence-electron chi connectivity index (χ4n) is 15.7. The lowest BCUT2D eigenvalue weighted by atomic mass is 9.35. The average molecular weight is 1010 g/mol. The van der Waals surface area contributed by atoms with Gasteiger partial charge in [-0.1, -0.05) is 165 Å². The van der Waals surface area contributed by atoms with Gasteiger partial charge in [-0.25, -0.2) is 0 Å². The van der Waals surface area contributed by atoms with Crippen molar-refractivity contribution in [2.24, 2.45) is 17.8 Å². The van der Waals surface area contributed by atoms with E-state index >= 15 is 0 Å². The van der Waals surface area contributed by atoms with E-state index in [0.717, 1.165) is 17.8 Å². The van der Waals surface area contributed by atoms with Gasteiger partial charge in [-0.15, -0.1) is 11.3 Å². The number of fused-ring (bicyclic) bond motifs is 7. The van der Waals surface area contributed by atoms with Gasteiger partial charge in [-0.05, 0) is 211 Å². The summed E-state index contributed by atoms with van der Waals surface area (Å²) in [7, 11) is 0. The van der Waals surface area contributed by atoms with Crippen LogP contribution in [0.15, 0.2) is 109 Å². The summed E-state index contributed by atoms with van der Waals surface area (Å²) >= 11 is 2.04. The van der Waals surface area contributed by atoms with Gasteiger partial charge in [0.05, 0.1) is 11.4 Å². The zero-order valence-electron chi connectivity index (χ0n) is 48.5. The second-order valence-corrected chi connectivity index (χ2v) is 31.5. The van der Waals surface area contributed by atoms with Crippen molar-refractivity contribution in [2.75, 3.05) is 9.80 Å². The second kappa shape index (κ2) is 16.0. The first kappa shape index (κ1) is 49.5. The third-order valence-electron chi connectivity index (χ3n) is 20.2. The lowest BCUT2D eigenvalue weighted by molar-refractivity contribution is 0.229. The highest BCUT2D eigenvalue weighted by Crippen LogP contribution is 2.65. The molecule has 4 heteroatoms. The highest BCUT2D eigenvalue weighted by atomic mass is 32.1. The number of hydrogen-bond acceptors (Lipinski definition) is 3. The largest absolute Gasteiger partial charge is 0.311 e. The molecule has 0 amide bonds. The normalized spacial score (nSPS) is 23.1. The van der Waals surface area contributed by atoms with Gasteiger partial charge in [-0.3, -0.25) is 0 Å². The third-order valence-corrected chi connectivity index (χ3v) is 21.4. The summed E-state index contributed by atoms with van der Waals surface area (Å²) < 4.78 is 2.81. The molecule has 2 unspecified atom stereocenters. The molecule has 4 fully saturated rings. The van der Waals surface area contributed by atoms with Gasteiger partial charge in [0.2, 0.25) is 0 Å². The number of nitrogens with zero attached hydrogens (tertiary/aromatic N) is 2. The zero-order valence-corrected chi connectivity index (χ0v) is 49.3. The van der Waals surface area contributed by atoms with E-state index < -0.39 is 0 Å². The highest BCUT2D eigenvalue weighted by molar-refractivity contribution is 7.33. The quantitative estimate of drug-likeness (QED) is 0.162. The van der Waals surface area contributed by atoms with Crippen LogP contribution >= 0.6 is 11.3 Å². The van der Waals surface area contributed by atoms with Crippen molar-refractivity contribution < 1.29 is 0 Å². The Hall–Kier alpha value is -5.06. The van der Waals surface area contributed by atoms with Gasteiger partial charge in [0.1, 0.15) is 0 Å². The molecule has 7 aromatic rings. The van der Waals surface area contributed by atoms with Crippen molar-refractivity contribution >= 4 is 78.0 Å². The Labute approximate surface area is 455 Å². The first-order chi connectivity index (χ1) is 35.1. The van der Waals surface area contributed by atoms with Crippen LogP contribution in [-0.2, 0) is 37.9 Å². The smallest absolute Gasteiger partial charge is 0.264 e. The van der Waals surface area contributed by atoms with Gasteiger partial charge in [-0.2, -0.15) is 0 Å². The Morgan fingerprint density at radius 3 is 1.64 bits per heavy atom. The maximum atomic E-state index is 2.78. The molecular weight excluding hydrogens is 924 g/mol. The fraction of sp³-hybridized carbons (Fsp3) is 0.465. The van der Waals surface area contributed by atoms with Crippen molar-refractivity contribution in [3.05, 3.63) is 148 Å². The van der Waals surface area contributed by atoms with Crippen LogP contribution in [0.5, 0.6) is 0 Å². The molecule has 1 aromatic heterocycles. The highest BCUT2D eigenvalue weighted by Gasteiger charge is 2.56. The van der Waals surface area contributed by atoms with Gasteiger partial charge in [0.25, 0.3) is 6.71 Å². The molecule has 4 saturated carbocycles. The van der Waals surface area contributed by atoms with Crippen molar-refractivity contribution in [3.8, 4) is 11.1 Å². The predicted molar refractivity (Wildman–Crippen MR) is 327 cm³/mol. The minimum absolute atomic E-state index is 0.00670. The molecule has 6 aromatic carbocycles. The lowest BCUT2D eigenvalue weighted by Gasteiger charge is -2.47. The maximum Gasteiger partial charge on any atom is 0.264 e. The number of benzene rings is 6. The van der Waals surface area contributed by atoms with Crippen LogP contribution in [0.25, 0.3) is 21.2 Å². The van der Waals surface area contributed by atoms with Crippen molar-refractivity contribution in [1.29, 1.82) is 0 Å². The van der Waals surface area contributed by atoms with E-state index in [1.807, 2.05) is 11.3 Å². The van der Waals surface area contributed by atoms with Crippen LogP contribution in [-0.4, -0.2) is 6.71 Å².